The van der Waals surface area contributed by atoms with Crippen LogP contribution in [0.3, 0.4) is 0 Å². The van der Waals surface area contributed by atoms with E-state index in [-0.39, 0.29) is 12.6 Å². The Kier molecular flexibility index (Phi) is 8.71. The fourth-order valence-electron chi connectivity index (χ4n) is 1.12. The first-order valence-corrected chi connectivity index (χ1v) is 6.49. The first kappa shape index (κ1) is 15.8. The molecule has 0 bridgehead atoms. The largest absolute Gasteiger partial charge is 0.383 e. The van der Waals surface area contributed by atoms with Gasteiger partial charge in [0.25, 0.3) is 10.2 Å². The van der Waals surface area contributed by atoms with Gasteiger partial charge < -0.3 is 15.2 Å². The van der Waals surface area contributed by atoms with Crippen molar-refractivity contribution >= 4 is 10.2 Å². The summed E-state index contributed by atoms with van der Waals surface area (Å²) in [5.41, 5.74) is 5.37. The predicted octanol–water partition coefficient (Wildman–Crippen LogP) is -1.58. The normalized spacial score (nSPS) is 13.9. The summed E-state index contributed by atoms with van der Waals surface area (Å²) in [4.78, 5) is 0. The van der Waals surface area contributed by atoms with Crippen LogP contribution in [0.15, 0.2) is 0 Å². The zero-order valence-electron chi connectivity index (χ0n) is 9.73. The molecule has 8 heteroatoms. The van der Waals surface area contributed by atoms with Crippen LogP contribution >= 0.6 is 0 Å². The number of hydrogen-bond donors (Lipinski definition) is 3. The molecule has 0 amide bonds. The monoisotopic (exact) mass is 255 g/mol. The smallest absolute Gasteiger partial charge is 0.277 e. The number of ether oxygens (including phenoxy) is 2. The molecule has 0 aliphatic heterocycles. The van der Waals surface area contributed by atoms with Crippen molar-refractivity contribution in [2.45, 2.75) is 12.5 Å². The van der Waals surface area contributed by atoms with Gasteiger partial charge in [0.1, 0.15) is 0 Å². The van der Waals surface area contributed by atoms with Gasteiger partial charge in [-0.3, -0.25) is 0 Å². The minimum Gasteiger partial charge on any atom is -0.383 e. The fourth-order valence-corrected chi connectivity index (χ4v) is 2.18. The first-order chi connectivity index (χ1) is 7.55. The molecule has 16 heavy (non-hydrogen) atoms. The van der Waals surface area contributed by atoms with E-state index in [0.29, 0.717) is 26.2 Å². The number of nitrogens with two attached hydrogens (primary N) is 1. The lowest BCUT2D eigenvalue weighted by Gasteiger charge is -2.17. The first-order valence-electron chi connectivity index (χ1n) is 5.00. The second kappa shape index (κ2) is 8.85. The molecule has 4 N–H and O–H groups in total. The standard InChI is InChI=1S/C8H21N3O4S/c1-14-6-5-10-16(12,13)11-8(3-4-9)7-15-2/h8,10-11H,3-7,9H2,1-2H3. The Morgan fingerprint density at radius 3 is 2.50 bits per heavy atom. The molecule has 7 nitrogen and oxygen atoms in total. The van der Waals surface area contributed by atoms with Crippen LogP contribution in [0.5, 0.6) is 0 Å². The van der Waals surface area contributed by atoms with Crippen molar-refractivity contribution in [3.63, 3.8) is 0 Å². The Morgan fingerprint density at radius 1 is 1.31 bits per heavy atom. The van der Waals surface area contributed by atoms with E-state index in [4.69, 9.17) is 15.2 Å². The molecule has 1 unspecified atom stereocenters. The molecule has 0 spiro atoms. The van der Waals surface area contributed by atoms with E-state index in [1.54, 1.807) is 0 Å². The molecule has 0 aromatic carbocycles. The maximum Gasteiger partial charge on any atom is 0.277 e. The summed E-state index contributed by atoms with van der Waals surface area (Å²) in [5, 5.41) is 0. The quantitative estimate of drug-likeness (QED) is 0.409. The second-order valence-corrected chi connectivity index (χ2v) is 4.77. The highest BCUT2D eigenvalue weighted by Gasteiger charge is 2.16. The van der Waals surface area contributed by atoms with E-state index in [1.807, 2.05) is 0 Å². The molecule has 0 aliphatic rings. The Bertz CT molecular complexity index is 252. The van der Waals surface area contributed by atoms with Gasteiger partial charge >= 0.3 is 0 Å². The van der Waals surface area contributed by atoms with Gasteiger partial charge in [0.2, 0.25) is 0 Å². The average molecular weight is 255 g/mol. The van der Waals surface area contributed by atoms with Gasteiger partial charge in [0, 0.05) is 26.8 Å². The van der Waals surface area contributed by atoms with Gasteiger partial charge in [-0.05, 0) is 13.0 Å². The molecule has 0 aromatic rings. The van der Waals surface area contributed by atoms with Crippen molar-refractivity contribution in [1.29, 1.82) is 0 Å². The van der Waals surface area contributed by atoms with Gasteiger partial charge in [-0.15, -0.1) is 0 Å². The third-order valence-electron chi connectivity index (χ3n) is 1.80. The van der Waals surface area contributed by atoms with Gasteiger partial charge in [-0.1, -0.05) is 0 Å². The van der Waals surface area contributed by atoms with Crippen LogP contribution in [0.25, 0.3) is 0 Å². The number of nitrogens with one attached hydrogen (secondary N) is 2. The summed E-state index contributed by atoms with van der Waals surface area (Å²) in [6.07, 6.45) is 0.527. The van der Waals surface area contributed by atoms with Crippen molar-refractivity contribution in [2.24, 2.45) is 5.73 Å². The number of rotatable bonds is 10. The van der Waals surface area contributed by atoms with Crippen molar-refractivity contribution in [3.05, 3.63) is 0 Å². The van der Waals surface area contributed by atoms with Crippen molar-refractivity contribution in [1.82, 2.24) is 9.44 Å². The Balaban J connectivity index is 4.08. The molecule has 0 saturated heterocycles. The minimum absolute atomic E-state index is 0.230. The number of methoxy groups -OCH3 is 2. The SMILES string of the molecule is COCCNS(=O)(=O)NC(CCN)COC. The maximum absolute atomic E-state index is 11.5. The molecule has 0 aromatic heterocycles. The zero-order valence-corrected chi connectivity index (χ0v) is 10.5. The lowest BCUT2D eigenvalue weighted by molar-refractivity contribution is 0.171. The average Bonchev–Trinajstić information content (AvgIpc) is 2.18. The maximum atomic E-state index is 11.5. The van der Waals surface area contributed by atoms with Crippen molar-refractivity contribution in [2.75, 3.05) is 40.5 Å². The number of hydrogen-bond acceptors (Lipinski definition) is 5. The molecular formula is C8H21N3O4S. The van der Waals surface area contributed by atoms with Crippen LogP contribution in [0.4, 0.5) is 0 Å². The van der Waals surface area contributed by atoms with Crippen molar-refractivity contribution in [3.8, 4) is 0 Å². The molecule has 1 atom stereocenters. The lowest BCUT2D eigenvalue weighted by Crippen LogP contribution is -2.46. The van der Waals surface area contributed by atoms with Crippen LogP contribution in [0.2, 0.25) is 0 Å². The van der Waals surface area contributed by atoms with Gasteiger partial charge in [-0.2, -0.15) is 17.9 Å². The summed E-state index contributed by atoms with van der Waals surface area (Å²) >= 11 is 0. The molecular weight excluding hydrogens is 234 g/mol. The van der Waals surface area contributed by atoms with Crippen LogP contribution in [0.1, 0.15) is 6.42 Å². The van der Waals surface area contributed by atoms with Crippen LogP contribution in [-0.2, 0) is 19.7 Å². The van der Waals surface area contributed by atoms with Crippen LogP contribution in [0, 0.1) is 0 Å². The Morgan fingerprint density at radius 2 is 2.00 bits per heavy atom. The van der Waals surface area contributed by atoms with Crippen LogP contribution < -0.4 is 15.2 Å². The van der Waals surface area contributed by atoms with E-state index < -0.39 is 10.2 Å². The van der Waals surface area contributed by atoms with Crippen LogP contribution in [-0.4, -0.2) is 55.0 Å². The topological polar surface area (TPSA) is 103 Å². The fraction of sp³-hybridized carbons (Fsp3) is 1.00. The van der Waals surface area contributed by atoms with E-state index in [9.17, 15) is 8.42 Å². The summed E-state index contributed by atoms with van der Waals surface area (Å²) in [6.45, 7) is 1.25. The van der Waals surface area contributed by atoms with E-state index >= 15 is 0 Å². The second-order valence-electron chi connectivity index (χ2n) is 3.24. The summed E-state index contributed by atoms with van der Waals surface area (Å²) in [6, 6.07) is -0.310. The Hall–Kier alpha value is -0.250. The van der Waals surface area contributed by atoms with E-state index in [0.717, 1.165) is 0 Å². The van der Waals surface area contributed by atoms with Gasteiger partial charge in [-0.25, -0.2) is 0 Å². The Labute approximate surface area is 96.9 Å². The summed E-state index contributed by atoms with van der Waals surface area (Å²) in [7, 11) is -0.499. The highest BCUT2D eigenvalue weighted by molar-refractivity contribution is 7.87. The predicted molar refractivity (Wildman–Crippen MR) is 61.3 cm³/mol. The molecule has 0 rings (SSSR count). The third-order valence-corrected chi connectivity index (χ3v) is 3.03. The van der Waals surface area contributed by atoms with Gasteiger partial charge in [0.05, 0.1) is 13.2 Å². The van der Waals surface area contributed by atoms with E-state index in [1.165, 1.54) is 14.2 Å². The molecule has 0 aliphatic carbocycles. The minimum atomic E-state index is -3.51. The highest BCUT2D eigenvalue weighted by atomic mass is 32.2. The summed E-state index contributed by atoms with van der Waals surface area (Å²) < 4.78 is 37.4. The van der Waals surface area contributed by atoms with Gasteiger partial charge in [0.15, 0.2) is 0 Å². The van der Waals surface area contributed by atoms with E-state index in [2.05, 4.69) is 9.44 Å². The molecule has 0 radical (unpaired) electrons. The third kappa shape index (κ3) is 7.97. The summed E-state index contributed by atoms with van der Waals surface area (Å²) in [5.74, 6) is 0. The van der Waals surface area contributed by atoms with Crippen molar-refractivity contribution < 1.29 is 17.9 Å². The molecule has 0 saturated carbocycles. The molecule has 0 heterocycles. The highest BCUT2D eigenvalue weighted by Crippen LogP contribution is 1.93. The molecule has 0 fully saturated rings. The zero-order chi connectivity index (χ0) is 12.4. The molecule has 98 valence electrons. The lowest BCUT2D eigenvalue weighted by atomic mass is 10.2.